The van der Waals surface area contributed by atoms with Crippen molar-refractivity contribution in [2.45, 2.75) is 71.9 Å². The summed E-state index contributed by atoms with van der Waals surface area (Å²) in [5.74, 6) is 1.10. The number of likely N-dealkylation sites (tertiary alicyclic amines) is 1. The molecule has 1 heterocycles. The summed E-state index contributed by atoms with van der Waals surface area (Å²) in [6.45, 7) is 17.2. The lowest BCUT2D eigenvalue weighted by Crippen LogP contribution is -2.53. The molecule has 178 valence electrons. The molecule has 2 rings (SSSR count). The highest BCUT2D eigenvalue weighted by Crippen LogP contribution is 2.42. The zero-order valence-corrected chi connectivity index (χ0v) is 20.3. The number of nitrogens with zero attached hydrogens (tertiary/aromatic N) is 1. The van der Waals surface area contributed by atoms with Crippen molar-refractivity contribution in [1.82, 2.24) is 10.2 Å². The molecule has 1 aromatic rings. The summed E-state index contributed by atoms with van der Waals surface area (Å²) in [5.41, 5.74) is 0.998. The largest absolute Gasteiger partial charge is 0.412 e. The van der Waals surface area contributed by atoms with Crippen LogP contribution >= 0.6 is 11.6 Å². The van der Waals surface area contributed by atoms with Gasteiger partial charge in [0.05, 0.1) is 5.60 Å². The van der Waals surface area contributed by atoms with E-state index in [1.165, 1.54) is 12.0 Å². The molecule has 0 bridgehead atoms. The van der Waals surface area contributed by atoms with E-state index >= 15 is 0 Å². The minimum absolute atomic E-state index is 0. The highest BCUT2D eigenvalue weighted by molar-refractivity contribution is 6.30. The van der Waals surface area contributed by atoms with Crippen LogP contribution in [-0.4, -0.2) is 64.3 Å². The van der Waals surface area contributed by atoms with Crippen LogP contribution in [0.5, 0.6) is 0 Å². The van der Waals surface area contributed by atoms with E-state index in [4.69, 9.17) is 11.6 Å². The number of hydrogen-bond acceptors (Lipinski definition) is 3. The molecule has 1 aromatic carbocycles. The molecule has 0 aromatic heterocycles. The second kappa shape index (κ2) is 13.0. The molecule has 1 aliphatic rings. The van der Waals surface area contributed by atoms with Crippen molar-refractivity contribution in [3.8, 4) is 0 Å². The third-order valence-electron chi connectivity index (χ3n) is 6.35. The molecule has 7 heteroatoms. The molecule has 0 saturated carbocycles. The van der Waals surface area contributed by atoms with Gasteiger partial charge in [-0.3, -0.25) is 0 Å². The van der Waals surface area contributed by atoms with Gasteiger partial charge in [0.25, 0.3) is 0 Å². The first kappa shape index (κ1) is 31.5. The van der Waals surface area contributed by atoms with E-state index in [2.05, 4.69) is 50.0 Å². The molecule has 1 unspecified atom stereocenters. The van der Waals surface area contributed by atoms with Crippen LogP contribution in [0.1, 0.15) is 65.9 Å². The van der Waals surface area contributed by atoms with Crippen LogP contribution in [0, 0.1) is 11.3 Å². The van der Waals surface area contributed by atoms with Crippen LogP contribution in [0.4, 0.5) is 0 Å². The summed E-state index contributed by atoms with van der Waals surface area (Å²) in [4.78, 5) is 2.60. The van der Waals surface area contributed by atoms with Crippen molar-refractivity contribution in [3.63, 3.8) is 0 Å². The van der Waals surface area contributed by atoms with E-state index in [-0.39, 0.29) is 21.8 Å². The van der Waals surface area contributed by atoms with E-state index in [1.807, 2.05) is 26.0 Å². The first-order valence-corrected chi connectivity index (χ1v) is 10.9. The topological polar surface area (TPSA) is 130 Å². The lowest BCUT2D eigenvalue weighted by Gasteiger charge is -2.46. The summed E-state index contributed by atoms with van der Waals surface area (Å²) in [5, 5.41) is 14.8. The monoisotopic (exact) mass is 448 g/mol. The SMILES string of the molecule is CCC(C)(O)CN[C@@H](CN1CC[C@H](c2ccc(Cl)cc2)C(C)(C)C1)C(C)C.O.O.O. The Morgan fingerprint density at radius 3 is 2.23 bits per heavy atom. The van der Waals surface area contributed by atoms with Crippen LogP contribution < -0.4 is 5.32 Å². The molecule has 1 saturated heterocycles. The van der Waals surface area contributed by atoms with Gasteiger partial charge in [-0.25, -0.2) is 0 Å². The quantitative estimate of drug-likeness (QED) is 0.633. The minimum Gasteiger partial charge on any atom is -0.412 e. The molecule has 1 aliphatic heterocycles. The van der Waals surface area contributed by atoms with Gasteiger partial charge in [-0.05, 0) is 61.3 Å². The Labute approximate surface area is 187 Å². The standard InChI is InChI=1S/C23H39ClN2O.3H2O/c1-7-23(6,27)15-25-21(17(2)3)14-26-13-12-20(22(4,5)16-26)18-8-10-19(24)11-9-18;;;/h8-11,17,20-21,25,27H,7,12-16H2,1-6H3;3*1H2/t20-,21+,23?;;;/m1.../s1. The van der Waals surface area contributed by atoms with Crippen LogP contribution in [0.2, 0.25) is 5.02 Å². The van der Waals surface area contributed by atoms with Gasteiger partial charge >= 0.3 is 0 Å². The summed E-state index contributed by atoms with van der Waals surface area (Å²) >= 11 is 6.07. The van der Waals surface area contributed by atoms with E-state index in [0.717, 1.165) is 31.1 Å². The molecular weight excluding hydrogens is 404 g/mol. The molecule has 1 fully saturated rings. The average molecular weight is 449 g/mol. The maximum atomic E-state index is 10.3. The van der Waals surface area contributed by atoms with Crippen molar-refractivity contribution in [1.29, 1.82) is 0 Å². The number of piperidine rings is 1. The van der Waals surface area contributed by atoms with Gasteiger partial charge in [0.1, 0.15) is 0 Å². The van der Waals surface area contributed by atoms with Crippen molar-refractivity contribution in [2.24, 2.45) is 11.3 Å². The first-order valence-electron chi connectivity index (χ1n) is 10.5. The zero-order valence-electron chi connectivity index (χ0n) is 19.6. The minimum atomic E-state index is -0.631. The Morgan fingerprint density at radius 1 is 1.20 bits per heavy atom. The predicted octanol–water partition coefficient (Wildman–Crippen LogP) is 2.46. The maximum Gasteiger partial charge on any atom is 0.0741 e. The summed E-state index contributed by atoms with van der Waals surface area (Å²) < 4.78 is 0. The summed E-state index contributed by atoms with van der Waals surface area (Å²) in [7, 11) is 0. The molecule has 8 N–H and O–H groups in total. The molecule has 30 heavy (non-hydrogen) atoms. The first-order chi connectivity index (χ1) is 12.5. The van der Waals surface area contributed by atoms with Gasteiger partial charge in [-0.2, -0.15) is 0 Å². The lowest BCUT2D eigenvalue weighted by atomic mass is 9.70. The van der Waals surface area contributed by atoms with Crippen molar-refractivity contribution >= 4 is 11.6 Å². The van der Waals surface area contributed by atoms with Crippen molar-refractivity contribution < 1.29 is 21.5 Å². The number of hydrogen-bond donors (Lipinski definition) is 2. The zero-order chi connectivity index (χ0) is 20.2. The van der Waals surface area contributed by atoms with Crippen LogP contribution in [0.25, 0.3) is 0 Å². The van der Waals surface area contributed by atoms with Gasteiger partial charge in [0.15, 0.2) is 0 Å². The highest BCUT2D eigenvalue weighted by Gasteiger charge is 2.37. The molecule has 0 spiro atoms. The molecule has 3 atom stereocenters. The third kappa shape index (κ3) is 8.79. The Bertz CT molecular complexity index is 593. The second-order valence-electron chi connectivity index (χ2n) is 9.70. The molecule has 0 radical (unpaired) electrons. The number of benzene rings is 1. The number of aliphatic hydroxyl groups is 1. The Balaban J connectivity index is 0. The molecular formula is C23H45ClN2O4. The van der Waals surface area contributed by atoms with E-state index < -0.39 is 5.60 Å². The number of rotatable bonds is 8. The summed E-state index contributed by atoms with van der Waals surface area (Å²) in [6.07, 6.45) is 1.94. The predicted molar refractivity (Wildman–Crippen MR) is 127 cm³/mol. The fourth-order valence-corrected chi connectivity index (χ4v) is 4.33. The van der Waals surface area contributed by atoms with E-state index in [9.17, 15) is 5.11 Å². The smallest absolute Gasteiger partial charge is 0.0741 e. The van der Waals surface area contributed by atoms with Crippen LogP contribution in [0.3, 0.4) is 0 Å². The Kier molecular flexibility index (Phi) is 13.6. The van der Waals surface area contributed by atoms with Gasteiger partial charge in [-0.15, -0.1) is 0 Å². The second-order valence-corrected chi connectivity index (χ2v) is 10.1. The fraction of sp³-hybridized carbons (Fsp3) is 0.739. The lowest BCUT2D eigenvalue weighted by molar-refractivity contribution is 0.0424. The van der Waals surface area contributed by atoms with E-state index in [0.29, 0.717) is 24.4 Å². The highest BCUT2D eigenvalue weighted by atomic mass is 35.5. The Hall–Kier alpha value is -0.730. The molecule has 0 aliphatic carbocycles. The fourth-order valence-electron chi connectivity index (χ4n) is 4.20. The van der Waals surface area contributed by atoms with Crippen molar-refractivity contribution in [2.75, 3.05) is 26.2 Å². The van der Waals surface area contributed by atoms with Gasteiger partial charge < -0.3 is 31.8 Å². The van der Waals surface area contributed by atoms with Crippen LogP contribution in [0.15, 0.2) is 24.3 Å². The van der Waals surface area contributed by atoms with Gasteiger partial charge in [0.2, 0.25) is 0 Å². The van der Waals surface area contributed by atoms with Crippen molar-refractivity contribution in [3.05, 3.63) is 34.9 Å². The maximum absolute atomic E-state index is 10.3. The number of nitrogens with one attached hydrogen (secondary N) is 1. The molecule has 6 nitrogen and oxygen atoms in total. The normalized spacial score (nSPS) is 21.6. The van der Waals surface area contributed by atoms with E-state index in [1.54, 1.807) is 0 Å². The average Bonchev–Trinajstić information content (AvgIpc) is 2.59. The van der Waals surface area contributed by atoms with Gasteiger partial charge in [0, 0.05) is 30.7 Å². The summed E-state index contributed by atoms with van der Waals surface area (Å²) in [6, 6.07) is 8.80. The van der Waals surface area contributed by atoms with Gasteiger partial charge in [-0.1, -0.05) is 58.4 Å². The van der Waals surface area contributed by atoms with Crippen LogP contribution in [-0.2, 0) is 0 Å². The third-order valence-corrected chi connectivity index (χ3v) is 6.60. The number of halogens is 1. The Morgan fingerprint density at radius 2 is 1.77 bits per heavy atom. The molecule has 0 amide bonds.